The zero-order chi connectivity index (χ0) is 18.8. The van der Waals surface area contributed by atoms with Crippen LogP contribution < -0.4 is 0 Å². The first kappa shape index (κ1) is 21.7. The summed E-state index contributed by atoms with van der Waals surface area (Å²) >= 11 is 0. The molecule has 0 bridgehead atoms. The molecule has 0 spiro atoms. The van der Waals surface area contributed by atoms with Crippen molar-refractivity contribution >= 4 is 15.4 Å². The minimum Gasteiger partial charge on any atom is -0.417 e. The maximum Gasteiger partial charge on any atom is 0.490 e. The lowest BCUT2D eigenvalue weighted by atomic mass is 9.79. The van der Waals surface area contributed by atoms with Crippen LogP contribution in [0.1, 0.15) is 61.8 Å². The van der Waals surface area contributed by atoms with Gasteiger partial charge in [0.1, 0.15) is 0 Å². The van der Waals surface area contributed by atoms with Crippen LogP contribution in [0.5, 0.6) is 0 Å². The zero-order valence-electron chi connectivity index (χ0n) is 17.4. The van der Waals surface area contributed by atoms with Crippen LogP contribution in [0.4, 0.5) is 0 Å². The smallest absolute Gasteiger partial charge is 0.417 e. The van der Waals surface area contributed by atoms with Gasteiger partial charge in [-0.3, -0.25) is 0 Å². The minimum absolute atomic E-state index is 0.261. The van der Waals surface area contributed by atoms with Crippen LogP contribution in [0.25, 0.3) is 0 Å². The summed E-state index contributed by atoms with van der Waals surface area (Å²) in [6.07, 6.45) is 7.24. The monoisotopic (exact) mass is 352 g/mol. The normalized spacial score (nSPS) is 21.8. The second-order valence-corrected chi connectivity index (χ2v) is 14.1. The zero-order valence-corrected chi connectivity index (χ0v) is 18.4. The van der Waals surface area contributed by atoms with E-state index in [1.807, 2.05) is 0 Å². The molecule has 1 heterocycles. The molecule has 0 saturated carbocycles. The lowest BCUT2D eigenvalue weighted by Crippen LogP contribution is -2.41. The summed E-state index contributed by atoms with van der Waals surface area (Å²) in [4.78, 5) is 0. The molecule has 1 rings (SSSR count). The Hall–Kier alpha value is -0.358. The summed E-state index contributed by atoms with van der Waals surface area (Å²) in [7, 11) is -1.89. The lowest BCUT2D eigenvalue weighted by molar-refractivity contribution is 0.00578. The second kappa shape index (κ2) is 7.48. The van der Waals surface area contributed by atoms with E-state index in [1.165, 1.54) is 0 Å². The molecule has 0 N–H and O–H groups in total. The highest BCUT2D eigenvalue weighted by atomic mass is 28.4. The van der Waals surface area contributed by atoms with Crippen LogP contribution in [0, 0.1) is 0 Å². The van der Waals surface area contributed by atoms with Gasteiger partial charge in [0.25, 0.3) is 0 Å². The average Bonchev–Trinajstić information content (AvgIpc) is 2.61. The summed E-state index contributed by atoms with van der Waals surface area (Å²) in [6, 6.07) is 0. The fourth-order valence-corrected chi connectivity index (χ4v) is 3.08. The van der Waals surface area contributed by atoms with E-state index in [-0.39, 0.29) is 23.4 Å². The maximum absolute atomic E-state index is 6.17. The Kier molecular flexibility index (Phi) is 6.76. The molecule has 138 valence electrons. The predicted molar refractivity (Wildman–Crippen MR) is 107 cm³/mol. The van der Waals surface area contributed by atoms with Gasteiger partial charge in [-0.2, -0.15) is 0 Å². The van der Waals surface area contributed by atoms with Crippen LogP contribution in [-0.2, 0) is 13.7 Å². The molecule has 0 aromatic heterocycles. The molecule has 0 aromatic rings. The molecule has 0 radical (unpaired) electrons. The van der Waals surface area contributed by atoms with Crippen LogP contribution >= 0.6 is 0 Å². The highest BCUT2D eigenvalue weighted by Crippen LogP contribution is 2.38. The van der Waals surface area contributed by atoms with Crippen molar-refractivity contribution in [3.05, 3.63) is 23.7 Å². The first-order valence-electron chi connectivity index (χ1n) is 9.02. The lowest BCUT2D eigenvalue weighted by Gasteiger charge is -2.36. The summed E-state index contributed by atoms with van der Waals surface area (Å²) in [5.74, 6) is 0. The van der Waals surface area contributed by atoms with E-state index in [9.17, 15) is 0 Å². The maximum atomic E-state index is 6.17. The second-order valence-electron chi connectivity index (χ2n) is 9.32. The third-order valence-corrected chi connectivity index (χ3v) is 10.2. The van der Waals surface area contributed by atoms with Gasteiger partial charge in [0.2, 0.25) is 0 Å². The van der Waals surface area contributed by atoms with Gasteiger partial charge in [0.05, 0.1) is 11.2 Å². The highest BCUT2D eigenvalue weighted by molar-refractivity contribution is 6.74. The molecule has 0 amide bonds. The van der Waals surface area contributed by atoms with Crippen molar-refractivity contribution in [1.29, 1.82) is 0 Å². The van der Waals surface area contributed by atoms with Crippen molar-refractivity contribution in [3.8, 4) is 0 Å². The van der Waals surface area contributed by atoms with Gasteiger partial charge in [-0.25, -0.2) is 0 Å². The summed E-state index contributed by atoms with van der Waals surface area (Å²) in [6.45, 7) is 22.5. The van der Waals surface area contributed by atoms with Gasteiger partial charge in [0.15, 0.2) is 8.32 Å². The first-order valence-corrected chi connectivity index (χ1v) is 11.9. The summed E-state index contributed by atoms with van der Waals surface area (Å²) < 4.78 is 18.3. The minimum atomic E-state index is -1.63. The Balaban J connectivity index is 2.46. The average molecular weight is 352 g/mol. The SMILES string of the molecule is C/C(=C/C=C/CCO[Si](C)(C)C(C)(C)C)B1OC(C)(C)C(C)(C)O1. The van der Waals surface area contributed by atoms with Gasteiger partial charge in [-0.15, -0.1) is 0 Å². The van der Waals surface area contributed by atoms with E-state index in [0.717, 1.165) is 18.5 Å². The van der Waals surface area contributed by atoms with Crippen LogP contribution in [0.3, 0.4) is 0 Å². The molecule has 24 heavy (non-hydrogen) atoms. The third-order valence-electron chi connectivity index (χ3n) is 5.67. The molecular formula is C19H37BO3Si. The van der Waals surface area contributed by atoms with Crippen LogP contribution in [-0.4, -0.2) is 33.2 Å². The van der Waals surface area contributed by atoms with Crippen molar-refractivity contribution in [1.82, 2.24) is 0 Å². The third kappa shape index (κ3) is 5.32. The molecular weight excluding hydrogens is 315 g/mol. The van der Waals surface area contributed by atoms with Crippen molar-refractivity contribution in [2.75, 3.05) is 6.61 Å². The quantitative estimate of drug-likeness (QED) is 0.357. The molecule has 1 fully saturated rings. The Morgan fingerprint density at radius 2 is 1.58 bits per heavy atom. The Labute approximate surface area is 151 Å². The van der Waals surface area contributed by atoms with E-state index >= 15 is 0 Å². The fraction of sp³-hybridized carbons (Fsp3) is 0.789. The predicted octanol–water partition coefficient (Wildman–Crippen LogP) is 5.53. The van der Waals surface area contributed by atoms with E-state index in [2.05, 4.69) is 86.7 Å². The Morgan fingerprint density at radius 1 is 1.08 bits per heavy atom. The number of rotatable bonds is 6. The summed E-state index contributed by atoms with van der Waals surface area (Å²) in [5.41, 5.74) is 0.524. The molecule has 0 aromatic carbocycles. The first-order chi connectivity index (χ1) is 10.7. The molecule has 3 nitrogen and oxygen atoms in total. The molecule has 1 saturated heterocycles. The van der Waals surface area contributed by atoms with E-state index in [0.29, 0.717) is 0 Å². The van der Waals surface area contributed by atoms with Crippen molar-refractivity contribution in [2.24, 2.45) is 0 Å². The highest BCUT2D eigenvalue weighted by Gasteiger charge is 2.51. The van der Waals surface area contributed by atoms with Crippen LogP contribution in [0.2, 0.25) is 18.1 Å². The largest absolute Gasteiger partial charge is 0.490 e. The summed E-state index contributed by atoms with van der Waals surface area (Å²) in [5, 5.41) is 0.268. The Bertz CT molecular complexity index is 471. The van der Waals surface area contributed by atoms with E-state index < -0.39 is 8.32 Å². The van der Waals surface area contributed by atoms with Crippen LogP contribution in [0.15, 0.2) is 23.7 Å². The Morgan fingerprint density at radius 3 is 2.04 bits per heavy atom. The van der Waals surface area contributed by atoms with Gasteiger partial charge in [0, 0.05) is 6.61 Å². The van der Waals surface area contributed by atoms with Crippen molar-refractivity contribution in [2.45, 2.75) is 91.1 Å². The topological polar surface area (TPSA) is 27.7 Å². The number of hydrogen-bond acceptors (Lipinski definition) is 3. The molecule has 5 heteroatoms. The van der Waals surface area contributed by atoms with Gasteiger partial charge < -0.3 is 13.7 Å². The molecule has 0 aliphatic carbocycles. The molecule has 1 aliphatic heterocycles. The van der Waals surface area contributed by atoms with E-state index in [1.54, 1.807) is 0 Å². The fourth-order valence-electron chi connectivity index (χ4n) is 2.02. The number of allylic oxidation sites excluding steroid dienone is 3. The van der Waals surface area contributed by atoms with Gasteiger partial charge in [-0.05, 0) is 64.6 Å². The van der Waals surface area contributed by atoms with Crippen molar-refractivity contribution < 1.29 is 13.7 Å². The number of hydrogen-bond donors (Lipinski definition) is 0. The molecule has 0 unspecified atom stereocenters. The van der Waals surface area contributed by atoms with Crippen molar-refractivity contribution in [3.63, 3.8) is 0 Å². The molecule has 1 aliphatic rings. The standard InChI is InChI=1S/C19H37BO3Si/c1-16(20-22-18(5,6)19(7,8)23-20)14-12-11-13-15-21-24(9,10)17(2,3)4/h11-12,14H,13,15H2,1-10H3/b12-11+,16-14-. The van der Waals surface area contributed by atoms with E-state index in [4.69, 9.17) is 13.7 Å². The van der Waals surface area contributed by atoms with Gasteiger partial charge >= 0.3 is 7.12 Å². The van der Waals surface area contributed by atoms with Gasteiger partial charge in [-0.1, -0.05) is 39.0 Å². The molecule has 0 atom stereocenters.